The summed E-state index contributed by atoms with van der Waals surface area (Å²) in [5.41, 5.74) is 10.3. The minimum atomic E-state index is 0.274. The Bertz CT molecular complexity index is 1210. The van der Waals surface area contributed by atoms with E-state index in [-0.39, 0.29) is 6.04 Å². The number of aliphatic imine (C=N–C) groups is 1. The van der Waals surface area contributed by atoms with Gasteiger partial charge < -0.3 is 11.1 Å². The Balaban J connectivity index is 1.36. The molecule has 3 heterocycles. The number of benzene rings is 1. The van der Waals surface area contributed by atoms with Crippen molar-refractivity contribution in [3.63, 3.8) is 0 Å². The van der Waals surface area contributed by atoms with Gasteiger partial charge >= 0.3 is 0 Å². The van der Waals surface area contributed by atoms with Crippen molar-refractivity contribution in [1.29, 1.82) is 0 Å². The first-order chi connectivity index (χ1) is 15.2. The van der Waals surface area contributed by atoms with E-state index < -0.39 is 0 Å². The standard InChI is InChI=1S/C22H23N9/c23-15-6-8-16(9-7-15)27-22-26-13-17-19(30-31-20(17)29-22)18-10-11-24-21(28-18)25-12-14-4-2-1-3-5-14/h1-5,10-11,13,15H,6-9,12,23H2,(H,24,25,28)(H,26,29,30,31). The zero-order valence-corrected chi connectivity index (χ0v) is 17.0. The molecule has 0 radical (unpaired) electrons. The fraction of sp³-hybridized carbons (Fsp3) is 0.273. The highest BCUT2D eigenvalue weighted by atomic mass is 15.2. The molecule has 5 rings (SSSR count). The topological polar surface area (TPSA) is 131 Å². The summed E-state index contributed by atoms with van der Waals surface area (Å²) in [5.74, 6) is 0.979. The van der Waals surface area contributed by atoms with Crippen molar-refractivity contribution >= 4 is 28.6 Å². The van der Waals surface area contributed by atoms with Crippen molar-refractivity contribution < 1.29 is 0 Å². The number of anilines is 1. The van der Waals surface area contributed by atoms with Gasteiger partial charge in [-0.1, -0.05) is 30.3 Å². The van der Waals surface area contributed by atoms with Crippen LogP contribution in [0, 0.1) is 0 Å². The number of fused-ring (bicyclic) bond motifs is 1. The van der Waals surface area contributed by atoms with E-state index in [9.17, 15) is 0 Å². The van der Waals surface area contributed by atoms with Crippen LogP contribution in [0.5, 0.6) is 0 Å². The van der Waals surface area contributed by atoms with Crippen LogP contribution in [0.15, 0.2) is 53.8 Å². The largest absolute Gasteiger partial charge is 0.350 e. The van der Waals surface area contributed by atoms with E-state index in [0.29, 0.717) is 24.1 Å². The summed E-state index contributed by atoms with van der Waals surface area (Å²) >= 11 is 0. The van der Waals surface area contributed by atoms with Crippen LogP contribution < -0.4 is 11.1 Å². The van der Waals surface area contributed by atoms with E-state index >= 15 is 0 Å². The molecule has 1 saturated carbocycles. The van der Waals surface area contributed by atoms with Gasteiger partial charge in [0.25, 0.3) is 5.95 Å². The van der Waals surface area contributed by atoms with E-state index in [4.69, 9.17) is 5.73 Å². The number of H-pyrrole nitrogens is 1. The van der Waals surface area contributed by atoms with Crippen LogP contribution in [0.2, 0.25) is 0 Å². The summed E-state index contributed by atoms with van der Waals surface area (Å²) in [5, 5.41) is 11.4. The number of rotatable bonds is 5. The van der Waals surface area contributed by atoms with E-state index in [1.807, 2.05) is 24.3 Å². The van der Waals surface area contributed by atoms with Gasteiger partial charge in [0.05, 0.1) is 16.8 Å². The molecule has 9 nitrogen and oxygen atoms in total. The van der Waals surface area contributed by atoms with Gasteiger partial charge in [-0.3, -0.25) is 5.10 Å². The molecule has 0 bridgehead atoms. The summed E-state index contributed by atoms with van der Waals surface area (Å²) in [6.45, 7) is 0.645. The zero-order valence-electron chi connectivity index (χ0n) is 17.0. The van der Waals surface area contributed by atoms with Gasteiger partial charge in [0.15, 0.2) is 5.65 Å². The Kier molecular flexibility index (Phi) is 5.32. The Labute approximate surface area is 179 Å². The average Bonchev–Trinajstić information content (AvgIpc) is 3.23. The summed E-state index contributed by atoms with van der Waals surface area (Å²) < 4.78 is 0. The Hall–Kier alpha value is -3.72. The van der Waals surface area contributed by atoms with Gasteiger partial charge in [-0.2, -0.15) is 10.1 Å². The molecule has 0 spiro atoms. The molecule has 0 saturated heterocycles. The highest BCUT2D eigenvalue weighted by Crippen LogP contribution is 2.25. The van der Waals surface area contributed by atoms with Crippen LogP contribution in [-0.4, -0.2) is 41.9 Å². The summed E-state index contributed by atoms with van der Waals surface area (Å²) in [6, 6.07) is 12.2. The second-order valence-electron chi connectivity index (χ2n) is 7.63. The van der Waals surface area contributed by atoms with E-state index in [0.717, 1.165) is 53.7 Å². The van der Waals surface area contributed by atoms with Gasteiger partial charge in [0.1, 0.15) is 0 Å². The van der Waals surface area contributed by atoms with Crippen LogP contribution >= 0.6 is 0 Å². The third-order valence-corrected chi connectivity index (χ3v) is 5.37. The molecule has 0 atom stereocenters. The molecule has 4 aromatic rings. The number of hydrogen-bond donors (Lipinski definition) is 3. The number of nitrogens with one attached hydrogen (secondary N) is 2. The Morgan fingerprint density at radius 2 is 1.90 bits per heavy atom. The van der Waals surface area contributed by atoms with Gasteiger partial charge in [-0.15, -0.1) is 0 Å². The maximum absolute atomic E-state index is 5.97. The van der Waals surface area contributed by atoms with Crippen LogP contribution in [0.1, 0.15) is 31.2 Å². The van der Waals surface area contributed by atoms with Crippen molar-refractivity contribution in [2.45, 2.75) is 38.3 Å². The Morgan fingerprint density at radius 1 is 1.06 bits per heavy atom. The predicted octanol–water partition coefficient (Wildman–Crippen LogP) is 3.40. The van der Waals surface area contributed by atoms with Crippen molar-refractivity contribution in [2.24, 2.45) is 10.7 Å². The first-order valence-corrected chi connectivity index (χ1v) is 10.4. The first kappa shape index (κ1) is 19.3. The fourth-order valence-corrected chi connectivity index (χ4v) is 3.63. The molecule has 1 fully saturated rings. The van der Waals surface area contributed by atoms with Crippen LogP contribution in [0.3, 0.4) is 0 Å². The second-order valence-corrected chi connectivity index (χ2v) is 7.63. The normalized spacial score (nSPS) is 16.4. The average molecular weight is 413 g/mol. The molecule has 1 aliphatic carbocycles. The predicted molar refractivity (Wildman–Crippen MR) is 120 cm³/mol. The molecular formula is C22H23N9. The molecule has 9 heteroatoms. The monoisotopic (exact) mass is 413 g/mol. The molecule has 156 valence electrons. The van der Waals surface area contributed by atoms with Crippen LogP contribution in [0.4, 0.5) is 11.9 Å². The quantitative estimate of drug-likeness (QED) is 0.457. The van der Waals surface area contributed by atoms with Crippen molar-refractivity contribution in [3.05, 3.63) is 54.4 Å². The van der Waals surface area contributed by atoms with Gasteiger partial charge in [-0.25, -0.2) is 19.9 Å². The lowest BCUT2D eigenvalue weighted by atomic mass is 9.94. The van der Waals surface area contributed by atoms with E-state index in [1.165, 1.54) is 0 Å². The number of hydrogen-bond acceptors (Lipinski definition) is 8. The third kappa shape index (κ3) is 4.41. The molecule has 0 aliphatic heterocycles. The lowest BCUT2D eigenvalue weighted by molar-refractivity contribution is 0.558. The summed E-state index contributed by atoms with van der Waals surface area (Å²) in [4.78, 5) is 22.5. The summed E-state index contributed by atoms with van der Waals surface area (Å²) in [6.07, 6.45) is 7.18. The molecule has 3 aromatic heterocycles. The van der Waals surface area contributed by atoms with Gasteiger partial charge in [0.2, 0.25) is 5.95 Å². The lowest BCUT2D eigenvalue weighted by Crippen LogP contribution is -2.26. The maximum Gasteiger partial charge on any atom is 0.251 e. The van der Waals surface area contributed by atoms with Crippen LogP contribution in [-0.2, 0) is 6.54 Å². The van der Waals surface area contributed by atoms with E-state index in [2.05, 4.69) is 52.6 Å². The summed E-state index contributed by atoms with van der Waals surface area (Å²) in [7, 11) is 0. The smallest absolute Gasteiger partial charge is 0.251 e. The number of nitrogens with zero attached hydrogens (tertiary/aromatic N) is 6. The molecule has 1 aromatic carbocycles. The second kappa shape index (κ2) is 8.57. The molecule has 1 aliphatic rings. The highest BCUT2D eigenvalue weighted by molar-refractivity contribution is 5.90. The SMILES string of the molecule is NC1CCC(=Nc2ncc3c(-c4ccnc(NCc5ccccc5)n4)[nH]nc3n2)CC1. The lowest BCUT2D eigenvalue weighted by Gasteiger charge is -2.18. The Morgan fingerprint density at radius 3 is 2.74 bits per heavy atom. The zero-order chi connectivity index (χ0) is 21.0. The molecule has 0 amide bonds. The first-order valence-electron chi connectivity index (χ1n) is 10.4. The number of nitrogens with two attached hydrogens (primary N) is 1. The van der Waals surface area contributed by atoms with Crippen molar-refractivity contribution in [3.8, 4) is 11.4 Å². The molecule has 31 heavy (non-hydrogen) atoms. The minimum absolute atomic E-state index is 0.274. The maximum atomic E-state index is 5.97. The van der Waals surface area contributed by atoms with Crippen LogP contribution in [0.25, 0.3) is 22.4 Å². The van der Waals surface area contributed by atoms with Gasteiger partial charge in [-0.05, 0) is 37.3 Å². The highest BCUT2D eigenvalue weighted by Gasteiger charge is 2.16. The minimum Gasteiger partial charge on any atom is -0.350 e. The fourth-order valence-electron chi connectivity index (χ4n) is 3.63. The van der Waals surface area contributed by atoms with Gasteiger partial charge in [0, 0.05) is 30.7 Å². The number of aromatic amines is 1. The van der Waals surface area contributed by atoms with Crippen molar-refractivity contribution in [1.82, 2.24) is 30.1 Å². The molecule has 0 unspecified atom stereocenters. The van der Waals surface area contributed by atoms with Crippen molar-refractivity contribution in [2.75, 3.05) is 5.32 Å². The number of aromatic nitrogens is 6. The third-order valence-electron chi connectivity index (χ3n) is 5.37. The molecule has 4 N–H and O–H groups in total. The van der Waals surface area contributed by atoms with E-state index in [1.54, 1.807) is 12.4 Å². The molecular weight excluding hydrogens is 390 g/mol.